The third kappa shape index (κ3) is 4.81. The normalized spacial score (nSPS) is 12.6. The Hall–Kier alpha value is -1.05. The molecular weight excluding hydrogens is 286 g/mol. The van der Waals surface area contributed by atoms with Gasteiger partial charge in [-0.05, 0) is 17.7 Å². The summed E-state index contributed by atoms with van der Waals surface area (Å²) in [5.74, 6) is 0. The van der Waals surface area contributed by atoms with Gasteiger partial charge in [0, 0.05) is 19.6 Å². The second kappa shape index (κ2) is 7.10. The molecule has 7 heteroatoms. The Morgan fingerprint density at radius 1 is 1.20 bits per heavy atom. The molecule has 1 aromatic carbocycles. The molecule has 1 N–H and O–H groups in total. The van der Waals surface area contributed by atoms with E-state index in [1.807, 2.05) is 13.8 Å². The van der Waals surface area contributed by atoms with Crippen molar-refractivity contribution in [2.45, 2.75) is 37.8 Å². The second-order valence-electron chi connectivity index (χ2n) is 4.86. The molecule has 0 aliphatic carbocycles. The van der Waals surface area contributed by atoms with Gasteiger partial charge in [-0.1, -0.05) is 26.0 Å². The molecule has 0 aliphatic rings. The zero-order valence-corrected chi connectivity index (χ0v) is 12.6. The number of halogens is 2. The summed E-state index contributed by atoms with van der Waals surface area (Å²) >= 11 is 0. The molecule has 0 atom stereocenters. The number of hydrogen-bond donors (Lipinski definition) is 1. The van der Waals surface area contributed by atoms with Crippen LogP contribution in [0.1, 0.15) is 19.4 Å². The molecule has 1 rings (SSSR count). The van der Waals surface area contributed by atoms with Crippen molar-refractivity contribution in [3.8, 4) is 0 Å². The molecule has 0 saturated carbocycles. The Balaban J connectivity index is 2.81. The number of nitrogens with one attached hydrogen (secondary N) is 1. The number of hydrogen-bond acceptors (Lipinski definition) is 3. The molecule has 4 nitrogen and oxygen atoms in total. The summed E-state index contributed by atoms with van der Waals surface area (Å²) in [6.45, 7) is 3.85. The lowest BCUT2D eigenvalue weighted by atomic mass is 10.2. The molecule has 0 saturated heterocycles. The van der Waals surface area contributed by atoms with E-state index in [2.05, 4.69) is 5.32 Å². The zero-order valence-electron chi connectivity index (χ0n) is 11.8. The highest BCUT2D eigenvalue weighted by Gasteiger charge is 2.23. The van der Waals surface area contributed by atoms with E-state index in [9.17, 15) is 17.2 Å². The van der Waals surface area contributed by atoms with Crippen molar-refractivity contribution in [3.05, 3.63) is 29.8 Å². The maximum atomic E-state index is 12.3. The van der Waals surface area contributed by atoms with Gasteiger partial charge < -0.3 is 5.32 Å². The molecule has 0 bridgehead atoms. The van der Waals surface area contributed by atoms with Gasteiger partial charge >= 0.3 is 0 Å². The highest BCUT2D eigenvalue weighted by Crippen LogP contribution is 2.16. The molecule has 1 aromatic rings. The molecule has 0 radical (unpaired) electrons. The van der Waals surface area contributed by atoms with Gasteiger partial charge in [-0.3, -0.25) is 0 Å². The first-order valence-electron chi connectivity index (χ1n) is 6.30. The van der Waals surface area contributed by atoms with E-state index in [4.69, 9.17) is 0 Å². The molecule has 0 aliphatic heterocycles. The maximum Gasteiger partial charge on any atom is 0.252 e. The summed E-state index contributed by atoms with van der Waals surface area (Å²) in [5, 5.41) is 3.21. The first kappa shape index (κ1) is 17.0. The molecule has 0 unspecified atom stereocenters. The van der Waals surface area contributed by atoms with Gasteiger partial charge in [0.05, 0.1) is 11.4 Å². The van der Waals surface area contributed by atoms with Crippen LogP contribution in [0.2, 0.25) is 0 Å². The summed E-state index contributed by atoms with van der Waals surface area (Å²) in [7, 11) is -2.70. The van der Waals surface area contributed by atoms with E-state index in [0.717, 1.165) is 12.6 Å². The second-order valence-corrected chi connectivity index (χ2v) is 6.90. The van der Waals surface area contributed by atoms with Crippen LogP contribution in [0.5, 0.6) is 0 Å². The van der Waals surface area contributed by atoms with Crippen molar-refractivity contribution in [2.24, 2.45) is 0 Å². The molecule has 0 heterocycles. The first-order chi connectivity index (χ1) is 9.23. The molecule has 0 spiro atoms. The lowest BCUT2D eigenvalue weighted by Gasteiger charge is -2.17. The van der Waals surface area contributed by atoms with E-state index in [0.29, 0.717) is 16.9 Å². The summed E-state index contributed by atoms with van der Waals surface area (Å²) in [6.07, 6.45) is -2.69. The Morgan fingerprint density at radius 3 is 2.20 bits per heavy atom. The number of rotatable bonds is 7. The van der Waals surface area contributed by atoms with E-state index < -0.39 is 23.0 Å². The van der Waals surface area contributed by atoms with Crippen LogP contribution in [0, 0.1) is 0 Å². The van der Waals surface area contributed by atoms with Gasteiger partial charge in [0.1, 0.15) is 0 Å². The zero-order chi connectivity index (χ0) is 15.3. The maximum absolute atomic E-state index is 12.3. The van der Waals surface area contributed by atoms with Gasteiger partial charge in [0.2, 0.25) is 10.0 Å². The van der Waals surface area contributed by atoms with Crippen molar-refractivity contribution in [3.63, 3.8) is 0 Å². The number of nitrogens with zero attached hydrogens (tertiary/aromatic N) is 1. The predicted molar refractivity (Wildman–Crippen MR) is 74.2 cm³/mol. The largest absolute Gasteiger partial charge is 0.310 e. The average molecular weight is 306 g/mol. The Morgan fingerprint density at radius 2 is 1.75 bits per heavy atom. The fourth-order valence-electron chi connectivity index (χ4n) is 1.57. The standard InChI is InChI=1S/C13H20F2N2O2S/c1-10(2)16-8-11-4-6-12(7-5-11)20(18,19)17(3)9-13(14)15/h4-7,10,13,16H,8-9H2,1-3H3. The SMILES string of the molecule is CC(C)NCc1ccc(S(=O)(=O)N(C)CC(F)F)cc1. The quantitative estimate of drug-likeness (QED) is 0.839. The average Bonchev–Trinajstić information content (AvgIpc) is 2.36. The first-order valence-corrected chi connectivity index (χ1v) is 7.74. The topological polar surface area (TPSA) is 49.4 Å². The lowest BCUT2D eigenvalue weighted by molar-refractivity contribution is 0.126. The summed E-state index contributed by atoms with van der Waals surface area (Å²) in [4.78, 5) is 0.0222. The summed E-state index contributed by atoms with van der Waals surface area (Å²) in [5.41, 5.74) is 0.939. The Labute approximate surface area is 118 Å². The minimum Gasteiger partial charge on any atom is -0.310 e. The molecule has 0 fully saturated rings. The predicted octanol–water partition coefficient (Wildman–Crippen LogP) is 2.07. The van der Waals surface area contributed by atoms with Gasteiger partial charge in [0.15, 0.2) is 0 Å². The summed E-state index contributed by atoms with van der Waals surface area (Å²) in [6, 6.07) is 6.57. The van der Waals surface area contributed by atoms with Crippen LogP contribution < -0.4 is 5.32 Å². The van der Waals surface area contributed by atoms with Gasteiger partial charge in [-0.25, -0.2) is 17.2 Å². The van der Waals surface area contributed by atoms with Crippen LogP contribution in [0.15, 0.2) is 29.2 Å². The Bertz CT molecular complexity index is 516. The minimum atomic E-state index is -3.85. The monoisotopic (exact) mass is 306 g/mol. The molecule has 20 heavy (non-hydrogen) atoms. The number of benzene rings is 1. The fraction of sp³-hybridized carbons (Fsp3) is 0.538. The number of sulfonamides is 1. The van der Waals surface area contributed by atoms with E-state index in [1.54, 1.807) is 12.1 Å². The van der Waals surface area contributed by atoms with Gasteiger partial charge in [0.25, 0.3) is 6.43 Å². The van der Waals surface area contributed by atoms with E-state index >= 15 is 0 Å². The van der Waals surface area contributed by atoms with Crippen LogP contribution >= 0.6 is 0 Å². The van der Waals surface area contributed by atoms with Crippen molar-refractivity contribution in [1.82, 2.24) is 9.62 Å². The smallest absolute Gasteiger partial charge is 0.252 e. The highest BCUT2D eigenvalue weighted by molar-refractivity contribution is 7.89. The lowest BCUT2D eigenvalue weighted by Crippen LogP contribution is -2.31. The fourth-order valence-corrected chi connectivity index (χ4v) is 2.72. The van der Waals surface area contributed by atoms with Crippen LogP contribution in [-0.4, -0.2) is 38.8 Å². The van der Waals surface area contributed by atoms with E-state index in [-0.39, 0.29) is 4.90 Å². The van der Waals surface area contributed by atoms with Crippen molar-refractivity contribution < 1.29 is 17.2 Å². The molecule has 114 valence electrons. The van der Waals surface area contributed by atoms with Gasteiger partial charge in [-0.2, -0.15) is 4.31 Å². The van der Waals surface area contributed by atoms with Gasteiger partial charge in [-0.15, -0.1) is 0 Å². The Kier molecular flexibility index (Phi) is 6.04. The number of alkyl halides is 2. The molecular formula is C13H20F2N2O2S. The van der Waals surface area contributed by atoms with Crippen LogP contribution in [0.4, 0.5) is 8.78 Å². The van der Waals surface area contributed by atoms with Crippen LogP contribution in [0.25, 0.3) is 0 Å². The third-order valence-electron chi connectivity index (χ3n) is 2.74. The molecule has 0 aromatic heterocycles. The summed E-state index contributed by atoms with van der Waals surface area (Å²) < 4.78 is 49.2. The minimum absolute atomic E-state index is 0.0222. The van der Waals surface area contributed by atoms with Crippen LogP contribution in [0.3, 0.4) is 0 Å². The highest BCUT2D eigenvalue weighted by atomic mass is 32.2. The third-order valence-corrected chi connectivity index (χ3v) is 4.58. The van der Waals surface area contributed by atoms with Crippen molar-refractivity contribution in [1.29, 1.82) is 0 Å². The van der Waals surface area contributed by atoms with E-state index in [1.165, 1.54) is 12.1 Å². The van der Waals surface area contributed by atoms with Crippen molar-refractivity contribution in [2.75, 3.05) is 13.6 Å². The van der Waals surface area contributed by atoms with Crippen LogP contribution in [-0.2, 0) is 16.6 Å². The molecule has 0 amide bonds. The van der Waals surface area contributed by atoms with Crippen molar-refractivity contribution >= 4 is 10.0 Å².